The molecule has 0 spiro atoms. The van der Waals surface area contributed by atoms with Crippen molar-refractivity contribution in [1.82, 2.24) is 19.7 Å². The van der Waals surface area contributed by atoms with Crippen LogP contribution in [0.25, 0.3) is 10.2 Å². The van der Waals surface area contributed by atoms with Crippen molar-refractivity contribution in [2.75, 3.05) is 6.54 Å². The number of nitrogens with one attached hydrogen (secondary N) is 1. The summed E-state index contributed by atoms with van der Waals surface area (Å²) < 4.78 is 5.25. The molecular weight excluding hydrogens is 368 g/mol. The van der Waals surface area contributed by atoms with Gasteiger partial charge in [-0.05, 0) is 49.4 Å². The van der Waals surface area contributed by atoms with Crippen molar-refractivity contribution in [3.63, 3.8) is 0 Å². The second kappa shape index (κ2) is 8.02. The summed E-state index contributed by atoms with van der Waals surface area (Å²) >= 11 is 1.67. The number of hydrogen-bond acceptors (Lipinski definition) is 3. The maximum absolute atomic E-state index is 12.9. The van der Waals surface area contributed by atoms with E-state index in [2.05, 4.69) is 51.6 Å². The molecule has 5 nitrogen and oxygen atoms in total. The topological polar surface area (TPSA) is 51.9 Å². The van der Waals surface area contributed by atoms with Gasteiger partial charge in [0.25, 0.3) is 5.91 Å². The number of thiophene rings is 1. The van der Waals surface area contributed by atoms with Gasteiger partial charge < -0.3 is 9.88 Å². The molecule has 3 heterocycles. The zero-order chi connectivity index (χ0) is 19.5. The zero-order valence-corrected chi connectivity index (χ0v) is 17.0. The monoisotopic (exact) mass is 392 g/mol. The molecule has 0 unspecified atom stereocenters. The summed E-state index contributed by atoms with van der Waals surface area (Å²) in [7, 11) is 0. The van der Waals surface area contributed by atoms with E-state index in [-0.39, 0.29) is 5.91 Å². The first-order valence-electron chi connectivity index (χ1n) is 9.52. The second-order valence-electron chi connectivity index (χ2n) is 7.03. The normalized spacial score (nSPS) is 11.2. The number of amides is 1. The minimum Gasteiger partial charge on any atom is -0.351 e. The summed E-state index contributed by atoms with van der Waals surface area (Å²) in [4.78, 5) is 12.9. The molecule has 0 fully saturated rings. The third kappa shape index (κ3) is 3.87. The maximum Gasteiger partial charge on any atom is 0.267 e. The lowest BCUT2D eigenvalue weighted by molar-refractivity contribution is 0.0944. The summed E-state index contributed by atoms with van der Waals surface area (Å²) in [6, 6.07) is 16.4. The number of carbonyl (C=O) groups is 1. The largest absolute Gasteiger partial charge is 0.351 e. The van der Waals surface area contributed by atoms with Gasteiger partial charge >= 0.3 is 0 Å². The van der Waals surface area contributed by atoms with Crippen LogP contribution in [0.4, 0.5) is 0 Å². The molecule has 1 aromatic carbocycles. The average Bonchev–Trinajstić information content (AvgIpc) is 3.36. The van der Waals surface area contributed by atoms with Gasteiger partial charge in [0, 0.05) is 25.3 Å². The first-order chi connectivity index (χ1) is 13.6. The number of benzene rings is 1. The Kier molecular flexibility index (Phi) is 5.30. The van der Waals surface area contributed by atoms with Crippen molar-refractivity contribution < 1.29 is 4.79 Å². The summed E-state index contributed by atoms with van der Waals surface area (Å²) in [5.41, 5.74) is 5.20. The van der Waals surface area contributed by atoms with Crippen LogP contribution in [0.2, 0.25) is 0 Å². The highest BCUT2D eigenvalue weighted by molar-refractivity contribution is 7.17. The number of aromatic nitrogens is 3. The highest BCUT2D eigenvalue weighted by Crippen LogP contribution is 2.26. The Bertz CT molecular complexity index is 1090. The quantitative estimate of drug-likeness (QED) is 0.475. The SMILES string of the molecule is Cc1cc(C)n(CCCNC(=O)c2cc3sccc3n2Cc2ccccc2)n1. The van der Waals surface area contributed by atoms with Gasteiger partial charge in [0.2, 0.25) is 0 Å². The lowest BCUT2D eigenvalue weighted by Gasteiger charge is -2.11. The van der Waals surface area contributed by atoms with Crippen molar-refractivity contribution in [1.29, 1.82) is 0 Å². The molecule has 6 heteroatoms. The van der Waals surface area contributed by atoms with Crippen LogP contribution in [0.1, 0.15) is 33.9 Å². The van der Waals surface area contributed by atoms with E-state index in [0.717, 1.165) is 40.3 Å². The van der Waals surface area contributed by atoms with Gasteiger partial charge in [-0.3, -0.25) is 9.48 Å². The van der Waals surface area contributed by atoms with Crippen LogP contribution >= 0.6 is 11.3 Å². The van der Waals surface area contributed by atoms with E-state index in [9.17, 15) is 4.79 Å². The molecular formula is C22H24N4OS. The van der Waals surface area contributed by atoms with Gasteiger partial charge in [0.1, 0.15) is 5.69 Å². The lowest BCUT2D eigenvalue weighted by Crippen LogP contribution is -2.27. The molecule has 0 aliphatic heterocycles. The maximum atomic E-state index is 12.9. The van der Waals surface area contributed by atoms with E-state index >= 15 is 0 Å². The molecule has 1 amide bonds. The smallest absolute Gasteiger partial charge is 0.267 e. The number of rotatable bonds is 7. The van der Waals surface area contributed by atoms with Crippen molar-refractivity contribution in [2.24, 2.45) is 0 Å². The summed E-state index contributed by atoms with van der Waals surface area (Å²) in [6.45, 7) is 6.18. The Morgan fingerprint density at radius 3 is 2.71 bits per heavy atom. The molecule has 0 aliphatic carbocycles. The molecule has 0 aliphatic rings. The molecule has 0 saturated carbocycles. The van der Waals surface area contributed by atoms with Crippen LogP contribution in [0.3, 0.4) is 0 Å². The number of aryl methyl sites for hydroxylation is 3. The molecule has 0 bridgehead atoms. The van der Waals surface area contributed by atoms with E-state index in [4.69, 9.17) is 0 Å². The molecule has 1 N–H and O–H groups in total. The van der Waals surface area contributed by atoms with Crippen molar-refractivity contribution >= 4 is 27.5 Å². The first-order valence-corrected chi connectivity index (χ1v) is 10.4. The minimum absolute atomic E-state index is 0.0206. The van der Waals surface area contributed by atoms with Crippen LogP contribution in [0, 0.1) is 13.8 Å². The van der Waals surface area contributed by atoms with E-state index in [1.165, 1.54) is 5.56 Å². The Hall–Kier alpha value is -2.86. The number of fused-ring (bicyclic) bond motifs is 1. The lowest BCUT2D eigenvalue weighted by atomic mass is 10.2. The van der Waals surface area contributed by atoms with Crippen LogP contribution in [-0.4, -0.2) is 26.8 Å². The number of hydrogen-bond donors (Lipinski definition) is 1. The fourth-order valence-corrected chi connectivity index (χ4v) is 4.35. The Morgan fingerprint density at radius 2 is 1.96 bits per heavy atom. The van der Waals surface area contributed by atoms with E-state index in [1.807, 2.05) is 35.9 Å². The van der Waals surface area contributed by atoms with Crippen LogP contribution < -0.4 is 5.32 Å². The zero-order valence-electron chi connectivity index (χ0n) is 16.2. The molecule has 144 valence electrons. The van der Waals surface area contributed by atoms with Crippen LogP contribution in [0.15, 0.2) is 53.9 Å². The standard InChI is InChI=1S/C22H24N4OS/c1-16-13-17(2)26(24-16)11-6-10-23-22(27)20-14-21-19(9-12-28-21)25(20)15-18-7-4-3-5-8-18/h3-5,7-9,12-14H,6,10-11,15H2,1-2H3,(H,23,27). The summed E-state index contributed by atoms with van der Waals surface area (Å²) in [5.74, 6) is -0.0206. The van der Waals surface area contributed by atoms with Gasteiger partial charge in [-0.25, -0.2) is 0 Å². The van der Waals surface area contributed by atoms with E-state index in [1.54, 1.807) is 11.3 Å². The average molecular weight is 393 g/mol. The fraction of sp³-hybridized carbons (Fsp3) is 0.273. The van der Waals surface area contributed by atoms with Crippen LogP contribution in [-0.2, 0) is 13.1 Å². The second-order valence-corrected chi connectivity index (χ2v) is 7.98. The predicted molar refractivity (Wildman–Crippen MR) is 114 cm³/mol. The molecule has 0 radical (unpaired) electrons. The van der Waals surface area contributed by atoms with Gasteiger partial charge in [-0.15, -0.1) is 11.3 Å². The Balaban J connectivity index is 1.44. The van der Waals surface area contributed by atoms with E-state index in [0.29, 0.717) is 13.1 Å². The van der Waals surface area contributed by atoms with Gasteiger partial charge in [0.15, 0.2) is 0 Å². The Labute approximate surface area is 168 Å². The highest BCUT2D eigenvalue weighted by Gasteiger charge is 2.16. The molecule has 4 rings (SSSR count). The Morgan fingerprint density at radius 1 is 1.14 bits per heavy atom. The molecule has 28 heavy (non-hydrogen) atoms. The fourth-order valence-electron chi connectivity index (χ4n) is 3.52. The van der Waals surface area contributed by atoms with Gasteiger partial charge in [-0.1, -0.05) is 30.3 Å². The van der Waals surface area contributed by atoms with Gasteiger partial charge in [0.05, 0.1) is 15.9 Å². The molecule has 3 aromatic heterocycles. The first kappa shape index (κ1) is 18.5. The highest BCUT2D eigenvalue weighted by atomic mass is 32.1. The third-order valence-corrected chi connectivity index (χ3v) is 5.73. The minimum atomic E-state index is -0.0206. The third-order valence-electron chi connectivity index (χ3n) is 4.87. The van der Waals surface area contributed by atoms with Crippen molar-refractivity contribution in [2.45, 2.75) is 33.4 Å². The molecule has 0 atom stereocenters. The predicted octanol–water partition coefficient (Wildman–Crippen LogP) is 4.38. The number of carbonyl (C=O) groups excluding carboxylic acids is 1. The number of nitrogens with zero attached hydrogens (tertiary/aromatic N) is 3. The van der Waals surface area contributed by atoms with Crippen LogP contribution in [0.5, 0.6) is 0 Å². The van der Waals surface area contributed by atoms with Gasteiger partial charge in [-0.2, -0.15) is 5.10 Å². The molecule has 0 saturated heterocycles. The summed E-state index contributed by atoms with van der Waals surface area (Å²) in [5, 5.41) is 9.62. The van der Waals surface area contributed by atoms with E-state index < -0.39 is 0 Å². The van der Waals surface area contributed by atoms with Crippen molar-refractivity contribution in [3.8, 4) is 0 Å². The van der Waals surface area contributed by atoms with Crippen molar-refractivity contribution in [3.05, 3.63) is 76.6 Å². The molecule has 4 aromatic rings. The summed E-state index contributed by atoms with van der Waals surface area (Å²) in [6.07, 6.45) is 0.849.